The number of rotatable bonds is 11. The summed E-state index contributed by atoms with van der Waals surface area (Å²) < 4.78 is 46.0. The largest absolute Gasteiger partial charge is 0.469 e. The molecule has 0 spiro atoms. The van der Waals surface area contributed by atoms with E-state index in [1.165, 1.54) is 42.0 Å². The number of benzene rings is 3. The number of nitrogens with two attached hydrogens (primary N) is 1. The van der Waals surface area contributed by atoms with Crippen LogP contribution < -0.4 is 5.73 Å². The molecule has 6 unspecified atom stereocenters. The van der Waals surface area contributed by atoms with E-state index >= 15 is 0 Å². The Morgan fingerprint density at radius 1 is 0.505 bits per heavy atom. The van der Waals surface area contributed by atoms with Gasteiger partial charge in [0, 0.05) is 89.6 Å². The van der Waals surface area contributed by atoms with Crippen molar-refractivity contribution < 1.29 is 42.5 Å². The van der Waals surface area contributed by atoms with Gasteiger partial charge in [0.15, 0.2) is 0 Å². The van der Waals surface area contributed by atoms with Crippen LogP contribution in [0.5, 0.6) is 0 Å². The highest BCUT2D eigenvalue weighted by atomic mass is 35.5. The first-order chi connectivity index (χ1) is 45.4. The van der Waals surface area contributed by atoms with Crippen molar-refractivity contribution in [1.82, 2.24) is 24.9 Å². The fourth-order valence-electron chi connectivity index (χ4n) is 16.6. The van der Waals surface area contributed by atoms with Crippen molar-refractivity contribution in [3.63, 3.8) is 0 Å². The quantitative estimate of drug-likeness (QED) is 0.0632. The highest BCUT2D eigenvalue weighted by Gasteiger charge is 2.45. The molecule has 494 valence electrons. The second-order valence-corrected chi connectivity index (χ2v) is 29.1. The van der Waals surface area contributed by atoms with Gasteiger partial charge in [0.2, 0.25) is 5.24 Å². The van der Waals surface area contributed by atoms with Crippen LogP contribution in [0.15, 0.2) is 128 Å². The molecule has 12 atom stereocenters. The van der Waals surface area contributed by atoms with E-state index in [0.29, 0.717) is 103 Å². The molecule has 6 saturated carbocycles. The van der Waals surface area contributed by atoms with Gasteiger partial charge in [-0.3, -0.25) is 34.3 Å². The van der Waals surface area contributed by atoms with Gasteiger partial charge in [0.05, 0.1) is 23.7 Å². The maximum Gasteiger partial charge on any atom is 0.305 e. The average Bonchev–Trinajstić information content (AvgIpc) is 1.71. The molecule has 0 radical (unpaired) electrons. The summed E-state index contributed by atoms with van der Waals surface area (Å²) in [4.78, 5) is 56.7. The summed E-state index contributed by atoms with van der Waals surface area (Å²) in [7, 11) is 1.46. The molecule has 8 aromatic rings. The van der Waals surface area contributed by atoms with Crippen LogP contribution in [0, 0.1) is 94.4 Å². The standard InChI is InChI=1S/C30H31FN2O2.C20H22FNO2.C19H19ClFNO.C10H12N2O/c1-30(2,35)9-7-19-3-5-25(33-18-19)17-26(34)13-20-11-21-14-23(15-22(21)12-20)27-8-10-32-29-6-4-24(31)16-28(27)29;1-24-20(23)8-12-6-13-9-15(10-14(13)7-12)17-4-5-22-19-3-2-16(21)11-18(17)19;20-19(23)7-11-5-12-8-14(9-13(12)6-11)16-3-4-22-18-2-1-15(21)10-17(16)18;1-10(2,13)6-5-8-3-4-9(11)12-7-8/h3-6,8,10,16,18,20-23,35H,11-15,17H2,1-2H3;2-5,11-15H,6-10H2,1H3;1-4,10-14H,5-9H2;3-4,7,13H,1-2H3,(H2,11,12)/t20?,21-,22+,23?;12?,13-,14+,15?;11?,12-,13+,14?;. The van der Waals surface area contributed by atoms with Crippen LogP contribution in [0.2, 0.25) is 0 Å². The SMILES string of the molecule is CC(C)(O)C#Cc1ccc(CC(=O)CC2C[C@@H]3CC(c4ccnc5ccc(F)cc45)C[C@@H]3C2)nc1.CC(C)(O)C#Cc1ccc(N)nc1.COC(=O)CC1C[C@@H]2CC(c3ccnc4ccc(F)cc34)C[C@@H]2C1.O=C(Cl)CC1C[C@@H]2CC(c3ccnc4ccc(F)cc34)C[C@@H]2C1. The zero-order valence-corrected chi connectivity index (χ0v) is 55.5. The van der Waals surface area contributed by atoms with E-state index in [2.05, 4.69) is 60.7 Å². The minimum Gasteiger partial charge on any atom is -0.469 e. The number of hydrogen-bond donors (Lipinski definition) is 3. The highest BCUT2D eigenvalue weighted by Crippen LogP contribution is 2.56. The summed E-state index contributed by atoms with van der Waals surface area (Å²) in [6, 6.07) is 27.8. The number of Topliss-reactive ketones (excluding diaryl/α,β-unsaturated/α-hetero) is 1. The van der Waals surface area contributed by atoms with Crippen molar-refractivity contribution in [2.24, 2.45) is 53.3 Å². The van der Waals surface area contributed by atoms with E-state index in [-0.39, 0.29) is 34.4 Å². The van der Waals surface area contributed by atoms with Crippen LogP contribution in [-0.2, 0) is 25.5 Å². The van der Waals surface area contributed by atoms with Gasteiger partial charge in [0.1, 0.15) is 40.3 Å². The van der Waals surface area contributed by atoms with E-state index in [1.807, 2.05) is 36.8 Å². The van der Waals surface area contributed by atoms with Crippen LogP contribution in [0.25, 0.3) is 32.7 Å². The topological polar surface area (TPSA) is 191 Å². The minimum atomic E-state index is -1.04. The van der Waals surface area contributed by atoms with Crippen molar-refractivity contribution in [3.05, 3.63) is 179 Å². The Morgan fingerprint density at radius 3 is 1.21 bits per heavy atom. The molecule has 5 heterocycles. The van der Waals surface area contributed by atoms with Gasteiger partial charge in [-0.1, -0.05) is 23.7 Å². The molecular weight excluding hydrogens is 1220 g/mol. The van der Waals surface area contributed by atoms with Crippen molar-refractivity contribution in [2.75, 3.05) is 12.8 Å². The predicted octanol–water partition coefficient (Wildman–Crippen LogP) is 15.9. The summed E-state index contributed by atoms with van der Waals surface area (Å²) >= 11 is 5.54. The van der Waals surface area contributed by atoms with Gasteiger partial charge in [-0.25, -0.2) is 18.2 Å². The van der Waals surface area contributed by atoms with Gasteiger partial charge in [-0.2, -0.15) is 0 Å². The molecule has 4 N–H and O–H groups in total. The third-order valence-electron chi connectivity index (χ3n) is 20.5. The molecule has 12 nitrogen and oxygen atoms in total. The molecule has 5 aromatic heterocycles. The Morgan fingerprint density at radius 2 is 0.874 bits per heavy atom. The number of pyridine rings is 5. The van der Waals surface area contributed by atoms with Crippen LogP contribution in [-0.4, -0.2) is 70.4 Å². The average molecular weight is 1310 g/mol. The summed E-state index contributed by atoms with van der Waals surface area (Å²) in [5.41, 5.74) is 11.9. The molecule has 3 aromatic carbocycles. The summed E-state index contributed by atoms with van der Waals surface area (Å²) in [6.45, 7) is 6.54. The van der Waals surface area contributed by atoms with Crippen molar-refractivity contribution in [2.45, 2.75) is 159 Å². The third-order valence-corrected chi connectivity index (χ3v) is 20.7. The van der Waals surface area contributed by atoms with Gasteiger partial charge in [-0.05, 0) is 301 Å². The van der Waals surface area contributed by atoms with Gasteiger partial charge in [-0.15, -0.1) is 0 Å². The Labute approximate surface area is 559 Å². The number of nitrogens with zero attached hydrogens (tertiary/aromatic N) is 5. The number of halogens is 4. The summed E-state index contributed by atoms with van der Waals surface area (Å²) in [6.07, 6.45) is 24.2. The second-order valence-electron chi connectivity index (χ2n) is 28.6. The first-order valence-electron chi connectivity index (χ1n) is 33.5. The number of methoxy groups -OCH3 is 1. The zero-order chi connectivity index (χ0) is 67.1. The number of aromatic nitrogens is 5. The van der Waals surface area contributed by atoms with Crippen LogP contribution in [0.1, 0.15) is 175 Å². The molecule has 0 aliphatic heterocycles. The number of carbonyl (C=O) groups is 3. The molecule has 6 aliphatic carbocycles. The Hall–Kier alpha value is -8.08. The number of aliphatic hydroxyl groups is 2. The predicted molar refractivity (Wildman–Crippen MR) is 365 cm³/mol. The summed E-state index contributed by atoms with van der Waals surface area (Å²) in [5, 5.41) is 21.7. The summed E-state index contributed by atoms with van der Waals surface area (Å²) in [5.74, 6) is 17.9. The number of fused-ring (bicyclic) bond motifs is 6. The van der Waals surface area contributed by atoms with Crippen molar-refractivity contribution in [1.29, 1.82) is 0 Å². The third kappa shape index (κ3) is 18.1. The number of anilines is 1. The van der Waals surface area contributed by atoms with E-state index < -0.39 is 11.2 Å². The van der Waals surface area contributed by atoms with E-state index in [1.54, 1.807) is 88.6 Å². The number of ether oxygens (including phenoxy) is 1. The maximum absolute atomic E-state index is 13.9. The fraction of sp³-hybridized carbons (Fsp3) is 0.443. The molecule has 6 fully saturated rings. The first kappa shape index (κ1) is 68.3. The monoisotopic (exact) mass is 1300 g/mol. The van der Waals surface area contributed by atoms with Crippen LogP contribution in [0.3, 0.4) is 0 Å². The lowest BCUT2D eigenvalue weighted by Gasteiger charge is -2.16. The molecule has 0 saturated heterocycles. The minimum absolute atomic E-state index is 0.0906. The lowest BCUT2D eigenvalue weighted by atomic mass is 9.89. The molecule has 16 heteroatoms. The number of carbonyl (C=O) groups excluding carboxylic acids is 3. The number of ketones is 1. The van der Waals surface area contributed by atoms with Gasteiger partial charge < -0.3 is 20.7 Å². The van der Waals surface area contributed by atoms with Crippen molar-refractivity contribution in [3.8, 4) is 23.7 Å². The van der Waals surface area contributed by atoms with E-state index in [0.717, 1.165) is 127 Å². The Balaban J connectivity index is 0.000000136. The van der Waals surface area contributed by atoms with Gasteiger partial charge in [0.25, 0.3) is 0 Å². The van der Waals surface area contributed by atoms with Crippen LogP contribution in [0.4, 0.5) is 19.0 Å². The van der Waals surface area contributed by atoms with Crippen LogP contribution >= 0.6 is 11.6 Å². The molecule has 6 aliphatic rings. The number of nitrogen functional groups attached to an aromatic ring is 1. The second kappa shape index (κ2) is 29.9. The molecule has 0 bridgehead atoms. The molecule has 95 heavy (non-hydrogen) atoms. The number of hydrogen-bond acceptors (Lipinski definition) is 12. The maximum atomic E-state index is 13.9. The van der Waals surface area contributed by atoms with Crippen molar-refractivity contribution >= 4 is 67.1 Å². The molecular formula is C79H84ClF3N6O6. The number of esters is 1. The molecule has 0 amide bonds. The Bertz CT molecular complexity index is 4170. The lowest BCUT2D eigenvalue weighted by molar-refractivity contribution is -0.141. The van der Waals surface area contributed by atoms with E-state index in [9.17, 15) is 37.8 Å². The smallest absolute Gasteiger partial charge is 0.305 e. The normalized spacial score (nSPS) is 24.7. The Kier molecular flexibility index (Phi) is 21.5. The molecule has 14 rings (SSSR count). The van der Waals surface area contributed by atoms with E-state index in [4.69, 9.17) is 22.1 Å². The lowest BCUT2D eigenvalue weighted by Crippen LogP contribution is -2.14. The zero-order valence-electron chi connectivity index (χ0n) is 54.7. The highest BCUT2D eigenvalue weighted by molar-refractivity contribution is 6.63. The first-order valence-corrected chi connectivity index (χ1v) is 33.9. The van der Waals surface area contributed by atoms with Gasteiger partial charge >= 0.3 is 5.97 Å². The fourth-order valence-corrected chi connectivity index (χ4v) is 16.9.